The normalized spacial score (nSPS) is 10.6. The summed E-state index contributed by atoms with van der Waals surface area (Å²) in [5.74, 6) is -3.98. The Morgan fingerprint density at radius 3 is 2.33 bits per heavy atom. The van der Waals surface area contributed by atoms with Gasteiger partial charge in [-0.1, -0.05) is 12.2 Å². The fourth-order valence-corrected chi connectivity index (χ4v) is 1.22. The second kappa shape index (κ2) is 5.90. The van der Waals surface area contributed by atoms with Crippen molar-refractivity contribution >= 4 is 18.0 Å². The van der Waals surface area contributed by atoms with Gasteiger partial charge in [-0.2, -0.15) is 0 Å². The smallest absolute Gasteiger partial charge is 0.335 e. The van der Waals surface area contributed by atoms with Crippen LogP contribution in [0.2, 0.25) is 0 Å². The minimum absolute atomic E-state index is 0.129. The number of rotatable bonds is 4. The van der Waals surface area contributed by atoms with Gasteiger partial charge in [0, 0.05) is 5.56 Å². The summed E-state index contributed by atoms with van der Waals surface area (Å²) in [7, 11) is 1.19. The van der Waals surface area contributed by atoms with Gasteiger partial charge in [0.2, 0.25) is 0 Å². The Kier molecular flexibility index (Phi) is 4.53. The summed E-state index contributed by atoms with van der Waals surface area (Å²) < 4.78 is 31.2. The first-order valence-corrected chi connectivity index (χ1v) is 4.91. The third kappa shape index (κ3) is 3.38. The van der Waals surface area contributed by atoms with Gasteiger partial charge in [0.25, 0.3) is 0 Å². The van der Waals surface area contributed by atoms with Crippen molar-refractivity contribution in [3.8, 4) is 0 Å². The molecule has 0 aliphatic heterocycles. The summed E-state index contributed by atoms with van der Waals surface area (Å²) >= 11 is 0. The molecule has 6 heteroatoms. The molecule has 4 nitrogen and oxygen atoms in total. The minimum Gasteiger partial charge on any atom is -0.478 e. The number of carbonyl (C=O) groups excluding carboxylic acids is 1. The summed E-state index contributed by atoms with van der Waals surface area (Å²) in [5, 5.41) is 8.59. The fourth-order valence-electron chi connectivity index (χ4n) is 1.22. The van der Waals surface area contributed by atoms with Crippen LogP contribution in [0.5, 0.6) is 0 Å². The van der Waals surface area contributed by atoms with Gasteiger partial charge >= 0.3 is 11.9 Å². The van der Waals surface area contributed by atoms with E-state index in [0.29, 0.717) is 12.1 Å². The van der Waals surface area contributed by atoms with E-state index in [1.807, 2.05) is 0 Å². The maximum Gasteiger partial charge on any atom is 0.335 e. The van der Waals surface area contributed by atoms with Gasteiger partial charge in [-0.3, -0.25) is 4.79 Å². The van der Waals surface area contributed by atoms with E-state index in [9.17, 15) is 18.4 Å². The maximum absolute atomic E-state index is 13.4. The first kappa shape index (κ1) is 13.8. The third-order valence-electron chi connectivity index (χ3n) is 2.12. The zero-order valence-electron chi connectivity index (χ0n) is 9.44. The number of hydrogen-bond acceptors (Lipinski definition) is 3. The molecular weight excluding hydrogens is 246 g/mol. The molecule has 0 aliphatic carbocycles. The molecule has 0 bridgehead atoms. The van der Waals surface area contributed by atoms with Crippen molar-refractivity contribution in [3.63, 3.8) is 0 Å². The van der Waals surface area contributed by atoms with Gasteiger partial charge < -0.3 is 9.84 Å². The van der Waals surface area contributed by atoms with E-state index >= 15 is 0 Å². The molecule has 96 valence electrons. The lowest BCUT2D eigenvalue weighted by Gasteiger charge is -2.01. The van der Waals surface area contributed by atoms with Crippen LogP contribution in [0.1, 0.15) is 22.3 Å². The molecule has 0 fully saturated rings. The molecule has 0 unspecified atom stereocenters. The minimum atomic E-state index is -1.42. The number of carbonyl (C=O) groups is 2. The monoisotopic (exact) mass is 256 g/mol. The predicted octanol–water partition coefficient (Wildman–Crippen LogP) is 2.24. The molecule has 0 heterocycles. The van der Waals surface area contributed by atoms with E-state index in [-0.39, 0.29) is 6.42 Å². The highest BCUT2D eigenvalue weighted by molar-refractivity contribution is 5.88. The van der Waals surface area contributed by atoms with Crippen molar-refractivity contribution in [1.29, 1.82) is 0 Å². The fraction of sp³-hybridized carbons (Fsp3) is 0.167. The van der Waals surface area contributed by atoms with Crippen molar-refractivity contribution < 1.29 is 28.2 Å². The zero-order valence-corrected chi connectivity index (χ0v) is 9.44. The van der Waals surface area contributed by atoms with Gasteiger partial charge in [0.1, 0.15) is 11.6 Å². The van der Waals surface area contributed by atoms with Gasteiger partial charge in [-0.25, -0.2) is 13.6 Å². The number of hydrogen-bond donors (Lipinski definition) is 1. The lowest BCUT2D eigenvalue weighted by Crippen LogP contribution is -2.01. The highest BCUT2D eigenvalue weighted by Gasteiger charge is 2.12. The molecule has 0 radical (unpaired) electrons. The maximum atomic E-state index is 13.4. The molecule has 1 aromatic rings. The van der Waals surface area contributed by atoms with Crippen LogP contribution in [0, 0.1) is 11.6 Å². The molecule has 0 aromatic heterocycles. The van der Waals surface area contributed by atoms with Crippen molar-refractivity contribution in [3.05, 3.63) is 41.0 Å². The number of esters is 1. The molecular formula is C12H10F2O4. The molecule has 1 N–H and O–H groups in total. The predicted molar refractivity (Wildman–Crippen MR) is 59.0 cm³/mol. The summed E-state index contributed by atoms with van der Waals surface area (Å²) in [6, 6.07) is 1.42. The first-order chi connectivity index (χ1) is 8.45. The van der Waals surface area contributed by atoms with Crippen LogP contribution in [-0.4, -0.2) is 24.2 Å². The molecule has 1 rings (SSSR count). The average Bonchev–Trinajstić information content (AvgIpc) is 2.31. The van der Waals surface area contributed by atoms with E-state index in [2.05, 4.69) is 4.74 Å². The molecule has 0 aliphatic rings. The molecule has 0 saturated carbocycles. The quantitative estimate of drug-likeness (QED) is 0.839. The highest BCUT2D eigenvalue weighted by Crippen LogP contribution is 2.17. The van der Waals surface area contributed by atoms with Gasteiger partial charge in [-0.05, 0) is 12.1 Å². The van der Waals surface area contributed by atoms with E-state index in [1.165, 1.54) is 13.2 Å². The molecule has 0 spiro atoms. The topological polar surface area (TPSA) is 63.6 Å². The average molecular weight is 256 g/mol. The first-order valence-electron chi connectivity index (χ1n) is 4.91. The highest BCUT2D eigenvalue weighted by atomic mass is 19.1. The SMILES string of the molecule is COC(=O)CC=Cc1c(F)cc(C(=O)O)cc1F. The zero-order chi connectivity index (χ0) is 13.7. The van der Waals surface area contributed by atoms with Crippen LogP contribution in [0.15, 0.2) is 18.2 Å². The summed E-state index contributed by atoms with van der Waals surface area (Å²) in [6.45, 7) is 0. The Labute approximate surface area is 101 Å². The second-order valence-electron chi connectivity index (χ2n) is 3.34. The lowest BCUT2D eigenvalue weighted by molar-refractivity contribution is -0.139. The van der Waals surface area contributed by atoms with Gasteiger partial charge in [0.15, 0.2) is 0 Å². The van der Waals surface area contributed by atoms with Crippen LogP contribution in [-0.2, 0) is 9.53 Å². The Morgan fingerprint density at radius 1 is 1.33 bits per heavy atom. The largest absolute Gasteiger partial charge is 0.478 e. The Balaban J connectivity index is 2.97. The number of aromatic carboxylic acids is 1. The molecule has 0 saturated heterocycles. The third-order valence-corrected chi connectivity index (χ3v) is 2.12. The van der Waals surface area contributed by atoms with E-state index in [4.69, 9.17) is 5.11 Å². The Hall–Kier alpha value is -2.24. The number of halogens is 2. The van der Waals surface area contributed by atoms with E-state index in [0.717, 1.165) is 6.08 Å². The lowest BCUT2D eigenvalue weighted by atomic mass is 10.1. The van der Waals surface area contributed by atoms with Crippen LogP contribution in [0.3, 0.4) is 0 Å². The van der Waals surface area contributed by atoms with Crippen LogP contribution < -0.4 is 0 Å². The van der Waals surface area contributed by atoms with Crippen LogP contribution in [0.4, 0.5) is 8.78 Å². The summed E-state index contributed by atoms with van der Waals surface area (Å²) in [4.78, 5) is 21.3. The van der Waals surface area contributed by atoms with Crippen molar-refractivity contribution in [2.45, 2.75) is 6.42 Å². The molecule has 1 aromatic carbocycles. The van der Waals surface area contributed by atoms with Gasteiger partial charge in [-0.15, -0.1) is 0 Å². The van der Waals surface area contributed by atoms with Crippen LogP contribution >= 0.6 is 0 Å². The number of ether oxygens (including phenoxy) is 1. The second-order valence-corrected chi connectivity index (χ2v) is 3.34. The van der Waals surface area contributed by atoms with Crippen molar-refractivity contribution in [2.75, 3.05) is 7.11 Å². The van der Waals surface area contributed by atoms with E-state index in [1.54, 1.807) is 0 Å². The molecule has 18 heavy (non-hydrogen) atoms. The molecule has 0 amide bonds. The van der Waals surface area contributed by atoms with E-state index < -0.39 is 34.7 Å². The Bertz CT molecular complexity index is 486. The Morgan fingerprint density at radius 2 is 1.89 bits per heavy atom. The molecule has 0 atom stereocenters. The summed E-state index contributed by atoms with van der Waals surface area (Å²) in [5.41, 5.74) is -0.876. The standard InChI is InChI=1S/C12H10F2O4/c1-18-11(15)4-2-3-8-9(13)5-7(12(16)17)6-10(8)14/h2-3,5-6H,4H2,1H3,(H,16,17). The van der Waals surface area contributed by atoms with Crippen molar-refractivity contribution in [1.82, 2.24) is 0 Å². The number of methoxy groups -OCH3 is 1. The summed E-state index contributed by atoms with van der Waals surface area (Å²) in [6.07, 6.45) is 2.16. The number of carboxylic acid groups (broad SMARTS) is 1. The van der Waals surface area contributed by atoms with Gasteiger partial charge in [0.05, 0.1) is 19.1 Å². The number of benzene rings is 1. The number of carboxylic acids is 1. The van der Waals surface area contributed by atoms with Crippen molar-refractivity contribution in [2.24, 2.45) is 0 Å². The van der Waals surface area contributed by atoms with Crippen LogP contribution in [0.25, 0.3) is 6.08 Å².